The average molecular weight is 335 g/mol. The molecule has 2 N–H and O–H groups in total. The predicted molar refractivity (Wildman–Crippen MR) is 92.3 cm³/mol. The fraction of sp³-hybridized carbons (Fsp3) is 1.00. The summed E-state index contributed by atoms with van der Waals surface area (Å²) in [6, 6.07) is 0. The molecule has 4 saturated carbocycles. The van der Waals surface area contributed by atoms with E-state index in [1.807, 2.05) is 6.92 Å². The largest absolute Gasteiger partial charge is 0.393 e. The van der Waals surface area contributed by atoms with Crippen LogP contribution in [0.15, 0.2) is 0 Å². The van der Waals surface area contributed by atoms with E-state index in [-0.39, 0.29) is 17.6 Å². The standard InChI is InChI=1S/C21H34O3/c1-11(22)15-6-7-16-14-5-4-12-10-13(23)8-9-20(12,2)17(14)18-19(24-18)21(15,16)3/h11-19,22-23H,4-10H2,1-3H3/t11?,12?,13?,14-,15+,16-,17+,18+,19+,20-,21+/m0/s1. The summed E-state index contributed by atoms with van der Waals surface area (Å²) in [5.74, 6) is 3.30. The van der Waals surface area contributed by atoms with Crippen molar-refractivity contribution in [3.05, 3.63) is 0 Å². The molecule has 1 heterocycles. The fourth-order valence-electron chi connectivity index (χ4n) is 8.43. The third kappa shape index (κ3) is 1.85. The van der Waals surface area contributed by atoms with Crippen LogP contribution in [-0.2, 0) is 4.74 Å². The Balaban J connectivity index is 1.50. The number of hydrogen-bond acceptors (Lipinski definition) is 3. The van der Waals surface area contributed by atoms with E-state index in [2.05, 4.69) is 13.8 Å². The molecule has 0 radical (unpaired) electrons. The smallest absolute Gasteiger partial charge is 0.0904 e. The quantitative estimate of drug-likeness (QED) is 0.723. The van der Waals surface area contributed by atoms with Crippen LogP contribution in [0.3, 0.4) is 0 Å². The Hall–Kier alpha value is -0.120. The van der Waals surface area contributed by atoms with Gasteiger partial charge in [0.25, 0.3) is 0 Å². The van der Waals surface area contributed by atoms with E-state index in [4.69, 9.17) is 4.74 Å². The summed E-state index contributed by atoms with van der Waals surface area (Å²) < 4.78 is 6.41. The van der Waals surface area contributed by atoms with Gasteiger partial charge in [-0.05, 0) is 86.9 Å². The molecule has 136 valence electrons. The lowest BCUT2D eigenvalue weighted by molar-refractivity contribution is -0.118. The molecule has 5 fully saturated rings. The first-order chi connectivity index (χ1) is 11.4. The molecular formula is C21H34O3. The molecule has 0 aromatic heterocycles. The van der Waals surface area contributed by atoms with Crippen molar-refractivity contribution in [3.63, 3.8) is 0 Å². The first kappa shape index (κ1) is 16.1. The van der Waals surface area contributed by atoms with Crippen LogP contribution in [0, 0.1) is 40.4 Å². The summed E-state index contributed by atoms with van der Waals surface area (Å²) in [7, 11) is 0. The third-order valence-electron chi connectivity index (χ3n) is 9.55. The van der Waals surface area contributed by atoms with E-state index in [9.17, 15) is 10.2 Å². The van der Waals surface area contributed by atoms with Gasteiger partial charge in [-0.25, -0.2) is 0 Å². The first-order valence-electron chi connectivity index (χ1n) is 10.4. The Labute approximate surface area is 146 Å². The zero-order valence-electron chi connectivity index (χ0n) is 15.4. The second-order valence-corrected chi connectivity index (χ2v) is 10.3. The summed E-state index contributed by atoms with van der Waals surface area (Å²) in [6.45, 7) is 6.94. The molecule has 0 spiro atoms. The Kier molecular flexibility index (Phi) is 3.34. The molecule has 3 nitrogen and oxygen atoms in total. The Morgan fingerprint density at radius 1 is 1.08 bits per heavy atom. The van der Waals surface area contributed by atoms with Crippen LogP contribution in [0.5, 0.6) is 0 Å². The molecule has 0 aromatic carbocycles. The monoisotopic (exact) mass is 334 g/mol. The highest BCUT2D eigenvalue weighted by atomic mass is 16.6. The minimum Gasteiger partial charge on any atom is -0.393 e. The van der Waals surface area contributed by atoms with Crippen molar-refractivity contribution in [2.24, 2.45) is 40.4 Å². The molecule has 3 unspecified atom stereocenters. The second kappa shape index (κ2) is 4.98. The minimum absolute atomic E-state index is 0.0736. The molecule has 5 rings (SSSR count). The zero-order valence-corrected chi connectivity index (χ0v) is 15.4. The lowest BCUT2D eigenvalue weighted by Crippen LogP contribution is -2.57. The number of rotatable bonds is 1. The molecule has 0 bridgehead atoms. The molecule has 5 aliphatic rings. The second-order valence-electron chi connectivity index (χ2n) is 10.3. The molecule has 1 saturated heterocycles. The SMILES string of the molecule is CC(O)[C@H]1CC[C@H]2[C@@H]3CCC4CC(O)CC[C@]4(C)[C@H]3[C@H]3O[C@H]3[C@]12C. The van der Waals surface area contributed by atoms with Gasteiger partial charge < -0.3 is 14.9 Å². The van der Waals surface area contributed by atoms with Gasteiger partial charge in [0.2, 0.25) is 0 Å². The molecule has 24 heavy (non-hydrogen) atoms. The molecule has 1 aliphatic heterocycles. The average Bonchev–Trinajstić information content (AvgIpc) is 3.24. The van der Waals surface area contributed by atoms with Gasteiger partial charge in [-0.1, -0.05) is 13.8 Å². The maximum atomic E-state index is 10.4. The van der Waals surface area contributed by atoms with Crippen LogP contribution in [0.1, 0.15) is 65.7 Å². The van der Waals surface area contributed by atoms with E-state index < -0.39 is 0 Å². The van der Waals surface area contributed by atoms with E-state index in [0.29, 0.717) is 35.4 Å². The number of aliphatic hydroxyl groups excluding tert-OH is 2. The topological polar surface area (TPSA) is 53.0 Å². The molecular weight excluding hydrogens is 300 g/mol. The van der Waals surface area contributed by atoms with Gasteiger partial charge in [-0.2, -0.15) is 0 Å². The third-order valence-corrected chi connectivity index (χ3v) is 9.55. The van der Waals surface area contributed by atoms with Crippen LogP contribution >= 0.6 is 0 Å². The van der Waals surface area contributed by atoms with Crippen molar-refractivity contribution >= 4 is 0 Å². The highest BCUT2D eigenvalue weighted by Gasteiger charge is 2.73. The van der Waals surface area contributed by atoms with Crippen LogP contribution in [-0.4, -0.2) is 34.6 Å². The fourth-order valence-corrected chi connectivity index (χ4v) is 8.43. The normalized spacial score (nSPS) is 62.9. The number of ether oxygens (including phenoxy) is 1. The van der Waals surface area contributed by atoms with E-state index in [1.165, 1.54) is 32.1 Å². The highest BCUT2D eigenvalue weighted by Crippen LogP contribution is 2.72. The van der Waals surface area contributed by atoms with E-state index in [1.54, 1.807) is 0 Å². The number of epoxide rings is 1. The van der Waals surface area contributed by atoms with Crippen molar-refractivity contribution < 1.29 is 14.9 Å². The van der Waals surface area contributed by atoms with Gasteiger partial charge in [-0.3, -0.25) is 0 Å². The minimum atomic E-state index is -0.210. The van der Waals surface area contributed by atoms with Gasteiger partial charge in [-0.15, -0.1) is 0 Å². The van der Waals surface area contributed by atoms with Gasteiger partial charge in [0.15, 0.2) is 0 Å². The molecule has 11 atom stereocenters. The lowest BCUT2D eigenvalue weighted by atomic mass is 9.44. The van der Waals surface area contributed by atoms with Crippen molar-refractivity contribution in [3.8, 4) is 0 Å². The number of aliphatic hydroxyl groups is 2. The van der Waals surface area contributed by atoms with Gasteiger partial charge in [0, 0.05) is 5.41 Å². The molecule has 0 amide bonds. The maximum Gasteiger partial charge on any atom is 0.0904 e. The Morgan fingerprint density at radius 2 is 1.88 bits per heavy atom. The number of hydrogen-bond donors (Lipinski definition) is 2. The van der Waals surface area contributed by atoms with Gasteiger partial charge in [0.05, 0.1) is 24.4 Å². The van der Waals surface area contributed by atoms with Crippen molar-refractivity contribution in [1.29, 1.82) is 0 Å². The van der Waals surface area contributed by atoms with Crippen LogP contribution in [0.25, 0.3) is 0 Å². The Morgan fingerprint density at radius 3 is 2.62 bits per heavy atom. The number of fused-ring (bicyclic) bond motifs is 8. The first-order valence-corrected chi connectivity index (χ1v) is 10.4. The Bertz CT molecular complexity index is 533. The van der Waals surface area contributed by atoms with Crippen molar-refractivity contribution in [2.75, 3.05) is 0 Å². The lowest BCUT2D eigenvalue weighted by Gasteiger charge is -2.59. The molecule has 4 aliphatic carbocycles. The molecule has 0 aromatic rings. The summed E-state index contributed by atoms with van der Waals surface area (Å²) in [4.78, 5) is 0. The van der Waals surface area contributed by atoms with Gasteiger partial charge >= 0.3 is 0 Å². The van der Waals surface area contributed by atoms with Crippen molar-refractivity contribution in [2.45, 2.75) is 90.1 Å². The highest BCUT2D eigenvalue weighted by molar-refractivity contribution is 5.21. The molecule has 3 heteroatoms. The van der Waals surface area contributed by atoms with Gasteiger partial charge in [0.1, 0.15) is 0 Å². The maximum absolute atomic E-state index is 10.4. The van der Waals surface area contributed by atoms with Crippen LogP contribution < -0.4 is 0 Å². The summed E-state index contributed by atoms with van der Waals surface area (Å²) >= 11 is 0. The van der Waals surface area contributed by atoms with E-state index >= 15 is 0 Å². The van der Waals surface area contributed by atoms with Crippen molar-refractivity contribution in [1.82, 2.24) is 0 Å². The summed E-state index contributed by atoms with van der Waals surface area (Å²) in [6.07, 6.45) is 8.75. The summed E-state index contributed by atoms with van der Waals surface area (Å²) in [5, 5.41) is 20.5. The summed E-state index contributed by atoms with van der Waals surface area (Å²) in [5.41, 5.74) is 0.559. The zero-order chi connectivity index (χ0) is 16.9. The van der Waals surface area contributed by atoms with Crippen LogP contribution in [0.2, 0.25) is 0 Å². The van der Waals surface area contributed by atoms with E-state index in [0.717, 1.165) is 24.7 Å². The predicted octanol–water partition coefficient (Wildman–Crippen LogP) is 3.37. The van der Waals surface area contributed by atoms with Crippen LogP contribution in [0.4, 0.5) is 0 Å².